The van der Waals surface area contributed by atoms with Crippen LogP contribution in [0.5, 0.6) is 0 Å². The number of hydrogen-bond acceptors (Lipinski definition) is 3. The van der Waals surface area contributed by atoms with Gasteiger partial charge in [0.15, 0.2) is 5.78 Å². The largest absolute Gasteiger partial charge is 0.342 e. The minimum Gasteiger partial charge on any atom is -0.342 e. The van der Waals surface area contributed by atoms with E-state index in [0.717, 1.165) is 26.1 Å². The van der Waals surface area contributed by atoms with Crippen LogP contribution in [-0.4, -0.2) is 54.2 Å². The van der Waals surface area contributed by atoms with E-state index in [2.05, 4.69) is 18.7 Å². The molecule has 0 aromatic heterocycles. The number of carbonyl (C=O) groups is 2. The van der Waals surface area contributed by atoms with E-state index in [-0.39, 0.29) is 24.2 Å². The van der Waals surface area contributed by atoms with Crippen molar-refractivity contribution >= 4 is 11.7 Å². The molecule has 2 rings (SSSR count). The molecule has 25 heavy (non-hydrogen) atoms. The minimum absolute atomic E-state index is 0.0148. The topological polar surface area (TPSA) is 40.6 Å². The number of benzene rings is 1. The standard InChI is InChI=1S/C20H29FN2O2/c1-5-23-10-9-18(15(3)13-23)22(4)19(24)11-14(2)20(25)16-7-6-8-17(21)12-16/h6-8,12,14-15,18H,5,9-11,13H2,1-4H3. The number of carbonyl (C=O) groups excluding carboxylic acids is 2. The van der Waals surface area contributed by atoms with Crippen molar-refractivity contribution in [3.63, 3.8) is 0 Å². The highest BCUT2D eigenvalue weighted by atomic mass is 19.1. The molecule has 0 saturated carbocycles. The fourth-order valence-electron chi connectivity index (χ4n) is 3.69. The summed E-state index contributed by atoms with van der Waals surface area (Å²) in [6.45, 7) is 9.10. The van der Waals surface area contributed by atoms with Crippen LogP contribution in [-0.2, 0) is 4.79 Å². The van der Waals surface area contributed by atoms with E-state index in [1.54, 1.807) is 13.0 Å². The maximum Gasteiger partial charge on any atom is 0.223 e. The predicted octanol–water partition coefficient (Wildman–Crippen LogP) is 3.22. The summed E-state index contributed by atoms with van der Waals surface area (Å²) in [4.78, 5) is 29.3. The number of halogens is 1. The van der Waals surface area contributed by atoms with Crippen molar-refractivity contribution in [2.75, 3.05) is 26.7 Å². The highest BCUT2D eigenvalue weighted by molar-refractivity contribution is 5.99. The quantitative estimate of drug-likeness (QED) is 0.741. The lowest BCUT2D eigenvalue weighted by molar-refractivity contribution is -0.134. The zero-order chi connectivity index (χ0) is 18.6. The van der Waals surface area contributed by atoms with Crippen LogP contribution in [0.3, 0.4) is 0 Å². The molecule has 1 aromatic rings. The van der Waals surface area contributed by atoms with Gasteiger partial charge in [-0.3, -0.25) is 9.59 Å². The molecular weight excluding hydrogens is 319 g/mol. The van der Waals surface area contributed by atoms with Crippen molar-refractivity contribution in [2.24, 2.45) is 11.8 Å². The maximum atomic E-state index is 13.3. The zero-order valence-corrected chi connectivity index (χ0v) is 15.7. The van der Waals surface area contributed by atoms with Gasteiger partial charge in [0.1, 0.15) is 5.82 Å². The molecule has 0 radical (unpaired) electrons. The second-order valence-corrected chi connectivity index (χ2v) is 7.21. The summed E-state index contributed by atoms with van der Waals surface area (Å²) in [7, 11) is 1.84. The van der Waals surface area contributed by atoms with Gasteiger partial charge in [0.25, 0.3) is 0 Å². The summed E-state index contributed by atoms with van der Waals surface area (Å²) in [5.74, 6) is -0.674. The fraction of sp³-hybridized carbons (Fsp3) is 0.600. The smallest absolute Gasteiger partial charge is 0.223 e. The average molecular weight is 348 g/mol. The molecule has 5 heteroatoms. The van der Waals surface area contributed by atoms with Crippen molar-refractivity contribution in [3.05, 3.63) is 35.6 Å². The van der Waals surface area contributed by atoms with Crippen LogP contribution in [0, 0.1) is 17.7 Å². The molecule has 1 aliphatic rings. The first-order valence-corrected chi connectivity index (χ1v) is 9.11. The number of likely N-dealkylation sites (tertiary alicyclic amines) is 1. The van der Waals surface area contributed by atoms with E-state index in [1.165, 1.54) is 18.2 Å². The molecular formula is C20H29FN2O2. The van der Waals surface area contributed by atoms with Gasteiger partial charge in [-0.2, -0.15) is 0 Å². The van der Waals surface area contributed by atoms with Crippen molar-refractivity contribution < 1.29 is 14.0 Å². The third-order valence-electron chi connectivity index (χ3n) is 5.32. The lowest BCUT2D eigenvalue weighted by Crippen LogP contribution is -2.50. The third-order valence-corrected chi connectivity index (χ3v) is 5.32. The van der Waals surface area contributed by atoms with Gasteiger partial charge in [0, 0.05) is 44.1 Å². The van der Waals surface area contributed by atoms with Gasteiger partial charge in [-0.15, -0.1) is 0 Å². The number of Topliss-reactive ketones (excluding diaryl/α,β-unsaturated/α-hetero) is 1. The molecule has 1 amide bonds. The molecule has 1 aliphatic heterocycles. The van der Waals surface area contributed by atoms with Crippen LogP contribution >= 0.6 is 0 Å². The van der Waals surface area contributed by atoms with Crippen LogP contribution in [0.15, 0.2) is 24.3 Å². The lowest BCUT2D eigenvalue weighted by Gasteiger charge is -2.41. The Morgan fingerprint density at radius 3 is 2.72 bits per heavy atom. The zero-order valence-electron chi connectivity index (χ0n) is 15.7. The molecule has 3 unspecified atom stereocenters. The van der Waals surface area contributed by atoms with Crippen molar-refractivity contribution in [1.29, 1.82) is 0 Å². The first kappa shape index (κ1) is 19.6. The van der Waals surface area contributed by atoms with Crippen molar-refractivity contribution in [3.8, 4) is 0 Å². The van der Waals surface area contributed by atoms with Gasteiger partial charge in [-0.25, -0.2) is 4.39 Å². The first-order chi connectivity index (χ1) is 11.8. The lowest BCUT2D eigenvalue weighted by atomic mass is 9.91. The Bertz CT molecular complexity index is 619. The highest BCUT2D eigenvalue weighted by Gasteiger charge is 2.31. The van der Waals surface area contributed by atoms with Gasteiger partial charge >= 0.3 is 0 Å². The van der Waals surface area contributed by atoms with Crippen LogP contribution in [0.1, 0.15) is 44.0 Å². The summed E-state index contributed by atoms with van der Waals surface area (Å²) < 4.78 is 13.3. The van der Waals surface area contributed by atoms with Gasteiger partial charge < -0.3 is 9.80 Å². The number of nitrogens with zero attached hydrogens (tertiary/aromatic N) is 2. The summed E-state index contributed by atoms with van der Waals surface area (Å²) in [6, 6.07) is 5.87. The van der Waals surface area contributed by atoms with Crippen LogP contribution in [0.4, 0.5) is 4.39 Å². The SMILES string of the molecule is CCN1CCC(N(C)C(=O)CC(C)C(=O)c2cccc(F)c2)C(C)C1. The summed E-state index contributed by atoms with van der Waals surface area (Å²) in [5.41, 5.74) is 0.326. The number of ketones is 1. The molecule has 3 atom stereocenters. The van der Waals surface area contributed by atoms with E-state index in [0.29, 0.717) is 11.5 Å². The van der Waals surface area contributed by atoms with Crippen LogP contribution in [0.2, 0.25) is 0 Å². The third kappa shape index (κ3) is 4.88. The Labute approximate surface area is 150 Å². The van der Waals surface area contributed by atoms with E-state index in [1.807, 2.05) is 11.9 Å². The second-order valence-electron chi connectivity index (χ2n) is 7.21. The van der Waals surface area contributed by atoms with Crippen molar-refractivity contribution in [1.82, 2.24) is 9.80 Å². The summed E-state index contributed by atoms with van der Waals surface area (Å²) in [6.07, 6.45) is 1.12. The first-order valence-electron chi connectivity index (χ1n) is 9.11. The molecule has 4 nitrogen and oxygen atoms in total. The van der Waals surface area contributed by atoms with Gasteiger partial charge in [-0.1, -0.05) is 32.9 Å². The average Bonchev–Trinajstić information content (AvgIpc) is 2.60. The Morgan fingerprint density at radius 1 is 1.40 bits per heavy atom. The predicted molar refractivity (Wildman–Crippen MR) is 97.0 cm³/mol. The Hall–Kier alpha value is -1.75. The van der Waals surface area contributed by atoms with E-state index in [4.69, 9.17) is 0 Å². The summed E-state index contributed by atoms with van der Waals surface area (Å²) in [5, 5.41) is 0. The van der Waals surface area contributed by atoms with E-state index < -0.39 is 11.7 Å². The molecule has 0 aliphatic carbocycles. The second kappa shape index (κ2) is 8.56. The molecule has 1 fully saturated rings. The number of amides is 1. The van der Waals surface area contributed by atoms with E-state index in [9.17, 15) is 14.0 Å². The van der Waals surface area contributed by atoms with E-state index >= 15 is 0 Å². The normalized spacial score (nSPS) is 22.4. The number of hydrogen-bond donors (Lipinski definition) is 0. The molecule has 0 bridgehead atoms. The molecule has 0 N–H and O–H groups in total. The molecule has 138 valence electrons. The number of rotatable bonds is 6. The van der Waals surface area contributed by atoms with Gasteiger partial charge in [-0.05, 0) is 31.0 Å². The van der Waals surface area contributed by atoms with Crippen LogP contribution in [0.25, 0.3) is 0 Å². The molecule has 0 spiro atoms. The Morgan fingerprint density at radius 2 is 2.12 bits per heavy atom. The molecule has 1 aromatic carbocycles. The minimum atomic E-state index is -0.456. The van der Waals surface area contributed by atoms with Crippen LogP contribution < -0.4 is 0 Å². The fourth-order valence-corrected chi connectivity index (χ4v) is 3.69. The van der Waals surface area contributed by atoms with Gasteiger partial charge in [0.2, 0.25) is 5.91 Å². The Balaban J connectivity index is 1.95. The van der Waals surface area contributed by atoms with Crippen molar-refractivity contribution in [2.45, 2.75) is 39.7 Å². The molecule has 1 saturated heterocycles. The maximum absolute atomic E-state index is 13.3. The number of piperidine rings is 1. The highest BCUT2D eigenvalue weighted by Crippen LogP contribution is 2.23. The Kier molecular flexibility index (Phi) is 6.71. The molecule has 1 heterocycles. The summed E-state index contributed by atoms with van der Waals surface area (Å²) >= 11 is 0. The van der Waals surface area contributed by atoms with Gasteiger partial charge in [0.05, 0.1) is 0 Å². The monoisotopic (exact) mass is 348 g/mol.